The van der Waals surface area contributed by atoms with Gasteiger partial charge in [-0.1, -0.05) is 12.1 Å². The van der Waals surface area contributed by atoms with Gasteiger partial charge >= 0.3 is 6.18 Å². The van der Waals surface area contributed by atoms with Gasteiger partial charge in [-0.05, 0) is 36.7 Å². The van der Waals surface area contributed by atoms with Crippen LogP contribution in [0.1, 0.15) is 30.3 Å². The first kappa shape index (κ1) is 18.6. The van der Waals surface area contributed by atoms with E-state index in [-0.39, 0.29) is 16.5 Å². The first-order valence-electron chi connectivity index (χ1n) is 8.55. The average Bonchev–Trinajstić information content (AvgIpc) is 3.45. The molecule has 0 spiro atoms. The normalized spacial score (nSPS) is 14.2. The van der Waals surface area contributed by atoms with Crippen molar-refractivity contribution in [3.05, 3.63) is 54.6 Å². The molecular formula is C18H15F3N6S. The maximum atomic E-state index is 13.4. The third kappa shape index (κ3) is 3.91. The Morgan fingerprint density at radius 2 is 2.04 bits per heavy atom. The summed E-state index contributed by atoms with van der Waals surface area (Å²) in [5, 5.41) is 8.97. The molecule has 0 saturated heterocycles. The highest BCUT2D eigenvalue weighted by atomic mass is 32.2. The lowest BCUT2D eigenvalue weighted by molar-refractivity contribution is -0.141. The van der Waals surface area contributed by atoms with E-state index < -0.39 is 11.9 Å². The maximum Gasteiger partial charge on any atom is 0.433 e. The van der Waals surface area contributed by atoms with Crippen molar-refractivity contribution >= 4 is 11.8 Å². The molecule has 28 heavy (non-hydrogen) atoms. The molecule has 1 fully saturated rings. The molecule has 0 N–H and O–H groups in total. The lowest BCUT2D eigenvalue weighted by Crippen LogP contribution is -2.10. The second kappa shape index (κ2) is 7.34. The smallest absolute Gasteiger partial charge is 0.302 e. The molecule has 4 rings (SSSR count). The Labute approximate surface area is 163 Å². The van der Waals surface area contributed by atoms with Crippen LogP contribution in [0.4, 0.5) is 13.2 Å². The van der Waals surface area contributed by atoms with Crippen molar-refractivity contribution < 1.29 is 13.2 Å². The Kier molecular flexibility index (Phi) is 4.88. The molecule has 0 amide bonds. The van der Waals surface area contributed by atoms with Crippen LogP contribution in [0.25, 0.3) is 11.5 Å². The summed E-state index contributed by atoms with van der Waals surface area (Å²) in [6.45, 7) is 4.21. The van der Waals surface area contributed by atoms with Gasteiger partial charge in [0.1, 0.15) is 22.2 Å². The molecule has 3 heterocycles. The standard InChI is InChI=1S/C18H15F3N6S/c1-2-9-27-16(11-6-7-11)25-26-17(27)28-14-10-13(18(19,20)21)23-15(24-14)12-5-3-4-8-22-12/h2-5,8,10-11H,1,6-7,9H2. The van der Waals surface area contributed by atoms with Gasteiger partial charge in [0.05, 0.1) is 0 Å². The molecule has 1 aliphatic carbocycles. The number of pyridine rings is 1. The molecule has 6 nitrogen and oxygen atoms in total. The minimum absolute atomic E-state index is 0.0878. The fraction of sp³-hybridized carbons (Fsp3) is 0.278. The largest absolute Gasteiger partial charge is 0.433 e. The van der Waals surface area contributed by atoms with Crippen LogP contribution in [0.15, 0.2) is 53.3 Å². The van der Waals surface area contributed by atoms with E-state index in [2.05, 4.69) is 31.7 Å². The van der Waals surface area contributed by atoms with Gasteiger partial charge in [-0.3, -0.25) is 4.98 Å². The minimum atomic E-state index is -4.60. The second-order valence-corrected chi connectivity index (χ2v) is 7.23. The molecule has 0 radical (unpaired) electrons. The van der Waals surface area contributed by atoms with Gasteiger partial charge in [-0.15, -0.1) is 16.8 Å². The van der Waals surface area contributed by atoms with Gasteiger partial charge in [0.15, 0.2) is 11.0 Å². The maximum absolute atomic E-state index is 13.4. The Balaban J connectivity index is 1.74. The average molecular weight is 404 g/mol. The summed E-state index contributed by atoms with van der Waals surface area (Å²) in [7, 11) is 0. The number of alkyl halides is 3. The summed E-state index contributed by atoms with van der Waals surface area (Å²) in [5.41, 5.74) is -0.760. The van der Waals surface area contributed by atoms with Crippen LogP contribution in [-0.4, -0.2) is 29.7 Å². The minimum Gasteiger partial charge on any atom is -0.302 e. The van der Waals surface area contributed by atoms with Crippen LogP contribution in [-0.2, 0) is 12.7 Å². The van der Waals surface area contributed by atoms with Crippen LogP contribution in [0, 0.1) is 0 Å². The molecule has 0 aromatic carbocycles. The molecule has 0 aliphatic heterocycles. The molecular weight excluding hydrogens is 389 g/mol. The summed E-state index contributed by atoms with van der Waals surface area (Å²) >= 11 is 1.02. The summed E-state index contributed by atoms with van der Waals surface area (Å²) in [6, 6.07) is 5.82. The number of allylic oxidation sites excluding steroid dienone is 1. The molecule has 0 bridgehead atoms. The van der Waals surface area contributed by atoms with Crippen molar-refractivity contribution in [2.45, 2.75) is 41.7 Å². The Morgan fingerprint density at radius 1 is 1.21 bits per heavy atom. The van der Waals surface area contributed by atoms with Crippen LogP contribution in [0.3, 0.4) is 0 Å². The van der Waals surface area contributed by atoms with Crippen LogP contribution >= 0.6 is 11.8 Å². The van der Waals surface area contributed by atoms with Crippen LogP contribution in [0.5, 0.6) is 0 Å². The molecule has 10 heteroatoms. The highest BCUT2D eigenvalue weighted by Gasteiger charge is 2.34. The van der Waals surface area contributed by atoms with Crippen molar-refractivity contribution in [3.8, 4) is 11.5 Å². The summed E-state index contributed by atoms with van der Waals surface area (Å²) in [6.07, 6.45) is 0.662. The summed E-state index contributed by atoms with van der Waals surface area (Å²) in [5.74, 6) is 1.09. The summed E-state index contributed by atoms with van der Waals surface area (Å²) in [4.78, 5) is 12.0. The molecule has 3 aromatic heterocycles. The highest BCUT2D eigenvalue weighted by Crippen LogP contribution is 2.41. The van der Waals surface area contributed by atoms with Crippen LogP contribution < -0.4 is 0 Å². The van der Waals surface area contributed by atoms with E-state index in [0.717, 1.165) is 36.5 Å². The number of aromatic nitrogens is 6. The number of rotatable bonds is 6. The van der Waals surface area contributed by atoms with Gasteiger partial charge in [-0.25, -0.2) is 9.97 Å². The zero-order valence-electron chi connectivity index (χ0n) is 14.6. The third-order valence-corrected chi connectivity index (χ3v) is 4.99. The van der Waals surface area contributed by atoms with E-state index in [1.165, 1.54) is 6.20 Å². The van der Waals surface area contributed by atoms with Gasteiger partial charge < -0.3 is 4.57 Å². The quantitative estimate of drug-likeness (QED) is 0.449. The predicted molar refractivity (Wildman–Crippen MR) is 96.6 cm³/mol. The fourth-order valence-electron chi connectivity index (χ4n) is 2.65. The Bertz CT molecular complexity index is 998. The van der Waals surface area contributed by atoms with E-state index >= 15 is 0 Å². The molecule has 0 atom stereocenters. The molecule has 0 unspecified atom stereocenters. The van der Waals surface area contributed by atoms with Crippen molar-refractivity contribution in [2.24, 2.45) is 0 Å². The zero-order chi connectivity index (χ0) is 19.7. The Hall–Kier alpha value is -2.75. The van der Waals surface area contributed by atoms with E-state index in [1.54, 1.807) is 24.3 Å². The van der Waals surface area contributed by atoms with Crippen molar-refractivity contribution in [2.75, 3.05) is 0 Å². The topological polar surface area (TPSA) is 69.4 Å². The summed E-state index contributed by atoms with van der Waals surface area (Å²) < 4.78 is 41.9. The van der Waals surface area contributed by atoms with Gasteiger partial charge in [0.25, 0.3) is 0 Å². The lowest BCUT2D eigenvalue weighted by Gasteiger charge is -2.11. The first-order valence-corrected chi connectivity index (χ1v) is 9.37. The number of hydrogen-bond donors (Lipinski definition) is 0. The van der Waals surface area contributed by atoms with Crippen molar-refractivity contribution in [1.29, 1.82) is 0 Å². The lowest BCUT2D eigenvalue weighted by atomic mass is 10.3. The molecule has 3 aromatic rings. The zero-order valence-corrected chi connectivity index (χ0v) is 15.4. The van der Waals surface area contributed by atoms with E-state index in [4.69, 9.17) is 0 Å². The molecule has 144 valence electrons. The number of hydrogen-bond acceptors (Lipinski definition) is 6. The fourth-order valence-corrected chi connectivity index (χ4v) is 3.49. The monoisotopic (exact) mass is 404 g/mol. The van der Waals surface area contributed by atoms with Gasteiger partial charge in [0, 0.05) is 24.7 Å². The van der Waals surface area contributed by atoms with Gasteiger partial charge in [0.2, 0.25) is 0 Å². The van der Waals surface area contributed by atoms with E-state index in [1.807, 2.05) is 4.57 Å². The first-order chi connectivity index (χ1) is 13.5. The van der Waals surface area contributed by atoms with Gasteiger partial charge in [-0.2, -0.15) is 13.2 Å². The molecule has 1 saturated carbocycles. The highest BCUT2D eigenvalue weighted by molar-refractivity contribution is 7.99. The van der Waals surface area contributed by atoms with Crippen LogP contribution in [0.2, 0.25) is 0 Å². The predicted octanol–water partition coefficient (Wildman–Crippen LogP) is 4.36. The van der Waals surface area contributed by atoms with E-state index in [9.17, 15) is 13.2 Å². The van der Waals surface area contributed by atoms with E-state index in [0.29, 0.717) is 17.6 Å². The van der Waals surface area contributed by atoms with Crippen molar-refractivity contribution in [3.63, 3.8) is 0 Å². The number of halogens is 3. The van der Waals surface area contributed by atoms with Crippen molar-refractivity contribution in [1.82, 2.24) is 29.7 Å². The second-order valence-electron chi connectivity index (χ2n) is 6.24. The SMILES string of the molecule is C=CCn1c(Sc2cc(C(F)(F)F)nc(-c3ccccn3)n2)nnc1C1CC1. The Morgan fingerprint density at radius 3 is 2.68 bits per heavy atom. The third-order valence-electron chi connectivity index (χ3n) is 4.08. The number of nitrogens with zero attached hydrogens (tertiary/aromatic N) is 6. The molecule has 1 aliphatic rings.